The van der Waals surface area contributed by atoms with Crippen molar-refractivity contribution in [1.29, 1.82) is 0 Å². The maximum atomic E-state index is 13.2. The van der Waals surface area contributed by atoms with E-state index in [1.165, 1.54) is 4.68 Å². The molecule has 1 unspecified atom stereocenters. The molecule has 2 aromatic carbocycles. The van der Waals surface area contributed by atoms with Crippen molar-refractivity contribution >= 4 is 29.1 Å². The predicted octanol–water partition coefficient (Wildman–Crippen LogP) is 4.59. The van der Waals surface area contributed by atoms with Crippen molar-refractivity contribution < 1.29 is 9.90 Å². The summed E-state index contributed by atoms with van der Waals surface area (Å²) in [6, 6.07) is 11.5. The molecule has 8 heteroatoms. The number of benzene rings is 2. The Morgan fingerprint density at radius 1 is 1.03 bits per heavy atom. The highest BCUT2D eigenvalue weighted by atomic mass is 35.5. The van der Waals surface area contributed by atoms with E-state index in [2.05, 4.69) is 5.10 Å². The highest BCUT2D eigenvalue weighted by molar-refractivity contribution is 6.31. The molecule has 0 spiro atoms. The number of aryl methyl sites for hydroxylation is 2. The number of rotatable bonds is 3. The molecule has 1 N–H and O–H groups in total. The summed E-state index contributed by atoms with van der Waals surface area (Å²) in [7, 11) is 0. The van der Waals surface area contributed by atoms with Gasteiger partial charge in [-0.1, -0.05) is 42.3 Å². The van der Waals surface area contributed by atoms with Gasteiger partial charge in [-0.2, -0.15) is 5.10 Å². The zero-order chi connectivity index (χ0) is 23.3. The fourth-order valence-electron chi connectivity index (χ4n) is 5.19. The van der Waals surface area contributed by atoms with Crippen LogP contribution in [-0.2, 0) is 12.8 Å². The average molecular weight is 484 g/mol. The Morgan fingerprint density at radius 2 is 1.64 bits per heavy atom. The van der Waals surface area contributed by atoms with E-state index in [1.54, 1.807) is 4.90 Å². The van der Waals surface area contributed by atoms with E-state index >= 15 is 0 Å². The van der Waals surface area contributed by atoms with Crippen molar-refractivity contribution in [3.8, 4) is 5.75 Å². The van der Waals surface area contributed by atoms with Gasteiger partial charge >= 0.3 is 0 Å². The summed E-state index contributed by atoms with van der Waals surface area (Å²) in [6.07, 6.45) is 3.45. The number of amides is 1. The standard InChI is InChI=1S/C25H23Cl2N3O3/c1-2-9-29-13-20(30-23(25(29)33)24(32)21(31)12-28-30)22-18-7-5-16(26)10-14(18)3-4-15-11-17(27)6-8-19(15)22/h5-8,10-12,20,22,32H,2-4,9,13H2,1H3. The number of halogens is 2. The maximum Gasteiger partial charge on any atom is 0.276 e. The molecule has 0 radical (unpaired) electrons. The van der Waals surface area contributed by atoms with Gasteiger partial charge in [0.2, 0.25) is 5.43 Å². The summed E-state index contributed by atoms with van der Waals surface area (Å²) >= 11 is 12.7. The molecular weight excluding hydrogens is 461 g/mol. The number of aromatic nitrogens is 2. The summed E-state index contributed by atoms with van der Waals surface area (Å²) in [5.41, 5.74) is 3.75. The van der Waals surface area contributed by atoms with Crippen LogP contribution in [0.2, 0.25) is 10.0 Å². The molecule has 5 rings (SSSR count). The smallest absolute Gasteiger partial charge is 0.276 e. The largest absolute Gasteiger partial charge is 0.502 e. The van der Waals surface area contributed by atoms with Gasteiger partial charge in [0.05, 0.1) is 12.2 Å². The van der Waals surface area contributed by atoms with E-state index in [1.807, 2.05) is 43.3 Å². The van der Waals surface area contributed by atoms with Crippen molar-refractivity contribution in [1.82, 2.24) is 14.7 Å². The van der Waals surface area contributed by atoms with Gasteiger partial charge in [-0.25, -0.2) is 0 Å². The van der Waals surface area contributed by atoms with Crippen molar-refractivity contribution in [2.75, 3.05) is 13.1 Å². The van der Waals surface area contributed by atoms with Gasteiger partial charge in [0.25, 0.3) is 5.91 Å². The summed E-state index contributed by atoms with van der Waals surface area (Å²) in [5.74, 6) is -1.10. The van der Waals surface area contributed by atoms with Crippen molar-refractivity contribution in [3.63, 3.8) is 0 Å². The minimum absolute atomic E-state index is 0.0533. The Balaban J connectivity index is 1.78. The molecule has 1 aliphatic heterocycles. The molecule has 2 aliphatic rings. The number of carbonyl (C=O) groups is 1. The van der Waals surface area contributed by atoms with E-state index in [9.17, 15) is 14.7 Å². The molecule has 6 nitrogen and oxygen atoms in total. The summed E-state index contributed by atoms with van der Waals surface area (Å²) in [5, 5.41) is 16.3. The van der Waals surface area contributed by atoms with Crippen LogP contribution in [0.3, 0.4) is 0 Å². The van der Waals surface area contributed by atoms with Crippen LogP contribution >= 0.6 is 23.2 Å². The molecule has 3 aromatic rings. The second-order valence-corrected chi connectivity index (χ2v) is 9.51. The van der Waals surface area contributed by atoms with Gasteiger partial charge in [0.1, 0.15) is 0 Å². The molecule has 170 valence electrons. The minimum atomic E-state index is -0.660. The lowest BCUT2D eigenvalue weighted by Gasteiger charge is -2.39. The van der Waals surface area contributed by atoms with Gasteiger partial charge in [-0.3, -0.25) is 14.3 Å². The number of aromatic hydroxyl groups is 1. The molecule has 0 bridgehead atoms. The monoisotopic (exact) mass is 483 g/mol. The zero-order valence-electron chi connectivity index (χ0n) is 18.1. The van der Waals surface area contributed by atoms with Crippen molar-refractivity contribution in [2.24, 2.45) is 0 Å². The number of hydrogen-bond donors (Lipinski definition) is 1. The van der Waals surface area contributed by atoms with E-state index in [-0.39, 0.29) is 23.6 Å². The Morgan fingerprint density at radius 3 is 2.21 bits per heavy atom. The number of hydrogen-bond acceptors (Lipinski definition) is 4. The van der Waals surface area contributed by atoms with Crippen LogP contribution in [0.25, 0.3) is 0 Å². The first-order chi connectivity index (χ1) is 15.9. The van der Waals surface area contributed by atoms with Crippen LogP contribution in [0.4, 0.5) is 0 Å². The van der Waals surface area contributed by atoms with Crippen LogP contribution in [-0.4, -0.2) is 38.8 Å². The van der Waals surface area contributed by atoms with E-state index in [0.29, 0.717) is 23.1 Å². The predicted molar refractivity (Wildman–Crippen MR) is 128 cm³/mol. The number of fused-ring (bicyclic) bond motifs is 3. The molecule has 0 fully saturated rings. The average Bonchev–Trinajstić information content (AvgIpc) is 2.94. The summed E-state index contributed by atoms with van der Waals surface area (Å²) < 4.78 is 1.54. The van der Waals surface area contributed by atoms with Crippen LogP contribution in [0.5, 0.6) is 5.75 Å². The second-order valence-electron chi connectivity index (χ2n) is 8.63. The molecular formula is C25H23Cl2N3O3. The van der Waals surface area contributed by atoms with E-state index in [4.69, 9.17) is 23.2 Å². The molecule has 1 aromatic heterocycles. The van der Waals surface area contributed by atoms with Gasteiger partial charge in [0.15, 0.2) is 11.4 Å². The molecule has 1 aliphatic carbocycles. The second kappa shape index (κ2) is 8.50. The number of carbonyl (C=O) groups excluding carboxylic acids is 1. The molecule has 0 saturated heterocycles. The fourth-order valence-corrected chi connectivity index (χ4v) is 5.58. The lowest BCUT2D eigenvalue weighted by atomic mass is 9.81. The Bertz CT molecular complexity index is 1270. The van der Waals surface area contributed by atoms with Crippen molar-refractivity contribution in [2.45, 2.75) is 38.1 Å². The van der Waals surface area contributed by atoms with Crippen molar-refractivity contribution in [3.05, 3.63) is 90.8 Å². The summed E-state index contributed by atoms with van der Waals surface area (Å²) in [4.78, 5) is 27.1. The van der Waals surface area contributed by atoms with Crippen LogP contribution in [0, 0.1) is 0 Å². The minimum Gasteiger partial charge on any atom is -0.502 e. The first-order valence-corrected chi connectivity index (χ1v) is 11.8. The highest BCUT2D eigenvalue weighted by Crippen LogP contribution is 2.44. The van der Waals surface area contributed by atoms with Gasteiger partial charge in [-0.15, -0.1) is 0 Å². The van der Waals surface area contributed by atoms with E-state index in [0.717, 1.165) is 47.7 Å². The quantitative estimate of drug-likeness (QED) is 0.590. The molecule has 2 heterocycles. The first-order valence-electron chi connectivity index (χ1n) is 11.1. The van der Waals surface area contributed by atoms with Crippen LogP contribution < -0.4 is 5.43 Å². The Labute approximate surface area is 201 Å². The third kappa shape index (κ3) is 3.71. The topological polar surface area (TPSA) is 75.4 Å². The number of nitrogens with zero attached hydrogens (tertiary/aromatic N) is 3. The normalized spacial score (nSPS) is 17.8. The molecule has 0 saturated carbocycles. The Kier molecular flexibility index (Phi) is 5.67. The van der Waals surface area contributed by atoms with E-state index < -0.39 is 11.2 Å². The van der Waals surface area contributed by atoms with Gasteiger partial charge in [0, 0.05) is 29.1 Å². The lowest BCUT2D eigenvalue weighted by Crippen LogP contribution is -2.47. The lowest BCUT2D eigenvalue weighted by molar-refractivity contribution is 0.0634. The van der Waals surface area contributed by atoms with Crippen LogP contribution in [0.1, 0.15) is 58.0 Å². The third-order valence-corrected chi connectivity index (χ3v) is 7.09. The molecule has 1 amide bonds. The third-order valence-electron chi connectivity index (χ3n) is 6.62. The fraction of sp³-hybridized carbons (Fsp3) is 0.320. The first kappa shape index (κ1) is 22.0. The molecule has 33 heavy (non-hydrogen) atoms. The highest BCUT2D eigenvalue weighted by Gasteiger charge is 2.41. The Hall–Kier alpha value is -2.83. The SMILES string of the molecule is CCCN1CC(C2c3ccc(Cl)cc3CCc3cc(Cl)ccc32)n2ncc(=O)c(O)c2C1=O. The molecule has 1 atom stereocenters. The zero-order valence-corrected chi connectivity index (χ0v) is 19.6. The summed E-state index contributed by atoms with van der Waals surface area (Å²) in [6.45, 7) is 2.92. The maximum absolute atomic E-state index is 13.2. The van der Waals surface area contributed by atoms with Gasteiger partial charge < -0.3 is 10.0 Å². The van der Waals surface area contributed by atoms with Crippen LogP contribution in [0.15, 0.2) is 47.4 Å². The van der Waals surface area contributed by atoms with Gasteiger partial charge in [-0.05, 0) is 65.8 Å².